The third-order valence-electron chi connectivity index (χ3n) is 3.05. The van der Waals surface area contributed by atoms with Gasteiger partial charge in [-0.25, -0.2) is 9.97 Å². The average molecular weight is 323 g/mol. The standard InChI is InChI=1S/C14H9F4N5/c15-10-12(11(16)14(18)22-13(10)17)21-6-8-1-2-20-9(5-8)23-4-3-19-7-23/h1-5,7H,6H2,(H,21,22). The molecule has 0 saturated carbocycles. The first-order valence-corrected chi connectivity index (χ1v) is 6.43. The highest BCUT2D eigenvalue weighted by molar-refractivity contribution is 5.46. The van der Waals surface area contributed by atoms with E-state index in [-0.39, 0.29) is 6.54 Å². The molecule has 3 rings (SSSR count). The van der Waals surface area contributed by atoms with Crippen LogP contribution < -0.4 is 5.32 Å². The second kappa shape index (κ2) is 6.03. The maximum atomic E-state index is 13.5. The van der Waals surface area contributed by atoms with Crippen molar-refractivity contribution in [1.82, 2.24) is 19.5 Å². The third-order valence-corrected chi connectivity index (χ3v) is 3.05. The molecule has 3 aromatic rings. The average Bonchev–Trinajstić information content (AvgIpc) is 3.08. The number of pyridine rings is 2. The number of hydrogen-bond acceptors (Lipinski definition) is 4. The molecule has 1 N–H and O–H groups in total. The van der Waals surface area contributed by atoms with Crippen LogP contribution in [0.4, 0.5) is 23.2 Å². The van der Waals surface area contributed by atoms with Crippen LogP contribution in [-0.4, -0.2) is 19.5 Å². The fourth-order valence-corrected chi connectivity index (χ4v) is 1.94. The first-order valence-electron chi connectivity index (χ1n) is 6.43. The van der Waals surface area contributed by atoms with E-state index in [1.807, 2.05) is 0 Å². The molecule has 118 valence electrons. The highest BCUT2D eigenvalue weighted by atomic mass is 19.2. The molecule has 0 atom stereocenters. The van der Waals surface area contributed by atoms with E-state index < -0.39 is 29.2 Å². The number of aromatic nitrogens is 4. The van der Waals surface area contributed by atoms with Gasteiger partial charge < -0.3 is 5.32 Å². The highest BCUT2D eigenvalue weighted by Gasteiger charge is 2.20. The van der Waals surface area contributed by atoms with Gasteiger partial charge in [0.15, 0.2) is 0 Å². The monoisotopic (exact) mass is 323 g/mol. The van der Waals surface area contributed by atoms with Crippen LogP contribution in [0.15, 0.2) is 37.1 Å². The van der Waals surface area contributed by atoms with Gasteiger partial charge in [-0.3, -0.25) is 4.57 Å². The zero-order chi connectivity index (χ0) is 16.4. The molecule has 3 heterocycles. The molecule has 0 spiro atoms. The fraction of sp³-hybridized carbons (Fsp3) is 0.0714. The van der Waals surface area contributed by atoms with E-state index in [2.05, 4.69) is 20.3 Å². The van der Waals surface area contributed by atoms with Crippen LogP contribution in [0.2, 0.25) is 0 Å². The highest BCUT2D eigenvalue weighted by Crippen LogP contribution is 2.22. The first kappa shape index (κ1) is 14.9. The molecule has 9 heteroatoms. The van der Waals surface area contributed by atoms with Crippen molar-refractivity contribution < 1.29 is 17.6 Å². The van der Waals surface area contributed by atoms with E-state index >= 15 is 0 Å². The Morgan fingerprint density at radius 1 is 1.04 bits per heavy atom. The summed E-state index contributed by atoms with van der Waals surface area (Å²) < 4.78 is 54.8. The second-order valence-electron chi connectivity index (χ2n) is 4.54. The Bertz CT molecular complexity index is 809. The van der Waals surface area contributed by atoms with E-state index in [0.717, 1.165) is 0 Å². The minimum atomic E-state index is -1.71. The van der Waals surface area contributed by atoms with Gasteiger partial charge in [-0.15, -0.1) is 0 Å². The number of halogens is 4. The van der Waals surface area contributed by atoms with Gasteiger partial charge in [0.25, 0.3) is 11.9 Å². The molecule has 23 heavy (non-hydrogen) atoms. The van der Waals surface area contributed by atoms with E-state index in [1.165, 1.54) is 12.5 Å². The molecule has 5 nitrogen and oxygen atoms in total. The molecule has 3 aromatic heterocycles. The smallest absolute Gasteiger partial charge is 0.253 e. The van der Waals surface area contributed by atoms with Crippen molar-refractivity contribution in [3.05, 3.63) is 66.1 Å². The van der Waals surface area contributed by atoms with Crippen LogP contribution in [0.5, 0.6) is 0 Å². The lowest BCUT2D eigenvalue weighted by atomic mass is 10.2. The Hall–Kier alpha value is -2.97. The molecular weight excluding hydrogens is 314 g/mol. The van der Waals surface area contributed by atoms with Crippen LogP contribution >= 0.6 is 0 Å². The van der Waals surface area contributed by atoms with Crippen LogP contribution in [0, 0.1) is 23.5 Å². The van der Waals surface area contributed by atoms with Gasteiger partial charge in [0.2, 0.25) is 11.6 Å². The molecular formula is C14H9F4N5. The lowest BCUT2D eigenvalue weighted by molar-refractivity contribution is 0.410. The largest absolute Gasteiger partial charge is 0.376 e. The van der Waals surface area contributed by atoms with E-state index in [9.17, 15) is 17.6 Å². The maximum absolute atomic E-state index is 13.5. The van der Waals surface area contributed by atoms with Crippen molar-refractivity contribution in [2.75, 3.05) is 5.32 Å². The van der Waals surface area contributed by atoms with Gasteiger partial charge in [0, 0.05) is 25.1 Å². The molecule has 0 aliphatic carbocycles. The Balaban J connectivity index is 1.83. The van der Waals surface area contributed by atoms with Crippen LogP contribution in [0.25, 0.3) is 5.82 Å². The summed E-state index contributed by atoms with van der Waals surface area (Å²) in [6.45, 7) is -0.0685. The van der Waals surface area contributed by atoms with Gasteiger partial charge >= 0.3 is 0 Å². The molecule has 0 aliphatic rings. The van der Waals surface area contributed by atoms with Crippen LogP contribution in [0.1, 0.15) is 5.56 Å². The van der Waals surface area contributed by atoms with Crippen molar-refractivity contribution in [1.29, 1.82) is 0 Å². The van der Waals surface area contributed by atoms with E-state index in [4.69, 9.17) is 0 Å². The molecule has 0 unspecified atom stereocenters. The van der Waals surface area contributed by atoms with Crippen molar-refractivity contribution in [2.45, 2.75) is 6.54 Å². The lowest BCUT2D eigenvalue weighted by Gasteiger charge is -2.10. The maximum Gasteiger partial charge on any atom is 0.253 e. The predicted molar refractivity (Wildman–Crippen MR) is 72.8 cm³/mol. The number of nitrogens with zero attached hydrogens (tertiary/aromatic N) is 4. The lowest BCUT2D eigenvalue weighted by Crippen LogP contribution is -2.09. The second-order valence-corrected chi connectivity index (χ2v) is 4.54. The van der Waals surface area contributed by atoms with Crippen molar-refractivity contribution in [3.8, 4) is 5.82 Å². The summed E-state index contributed by atoms with van der Waals surface area (Å²) in [5.41, 5.74) is -0.309. The molecule has 0 fully saturated rings. The number of rotatable bonds is 4. The third kappa shape index (κ3) is 2.98. The molecule has 0 bridgehead atoms. The summed E-state index contributed by atoms with van der Waals surface area (Å²) in [6.07, 6.45) is 6.27. The van der Waals surface area contributed by atoms with Gasteiger partial charge in [-0.2, -0.15) is 22.5 Å². The van der Waals surface area contributed by atoms with Crippen molar-refractivity contribution in [3.63, 3.8) is 0 Å². The molecule has 0 radical (unpaired) electrons. The van der Waals surface area contributed by atoms with E-state index in [1.54, 1.807) is 29.1 Å². The topological polar surface area (TPSA) is 55.6 Å². The summed E-state index contributed by atoms with van der Waals surface area (Å²) >= 11 is 0. The zero-order valence-corrected chi connectivity index (χ0v) is 11.5. The summed E-state index contributed by atoms with van der Waals surface area (Å²) in [5.74, 6) is -6.03. The van der Waals surface area contributed by atoms with Gasteiger partial charge in [-0.1, -0.05) is 0 Å². The minimum Gasteiger partial charge on any atom is -0.376 e. The SMILES string of the molecule is Fc1nc(F)c(F)c(NCc2ccnc(-n3ccnc3)c2)c1F. The zero-order valence-electron chi connectivity index (χ0n) is 11.5. The quantitative estimate of drug-likeness (QED) is 0.592. The van der Waals surface area contributed by atoms with Gasteiger partial charge in [-0.05, 0) is 17.7 Å². The van der Waals surface area contributed by atoms with Crippen LogP contribution in [0.3, 0.4) is 0 Å². The molecule has 0 aliphatic heterocycles. The minimum absolute atomic E-state index is 0.0685. The fourth-order valence-electron chi connectivity index (χ4n) is 1.94. The van der Waals surface area contributed by atoms with Gasteiger partial charge in [0.05, 0.1) is 0 Å². The Morgan fingerprint density at radius 2 is 1.78 bits per heavy atom. The number of imidazole rings is 1. The van der Waals surface area contributed by atoms with Crippen LogP contribution in [-0.2, 0) is 6.54 Å². The van der Waals surface area contributed by atoms with E-state index in [0.29, 0.717) is 11.4 Å². The first-order chi connectivity index (χ1) is 11.1. The molecule has 0 amide bonds. The Morgan fingerprint density at radius 3 is 2.43 bits per heavy atom. The normalized spacial score (nSPS) is 10.8. The number of hydrogen-bond donors (Lipinski definition) is 1. The van der Waals surface area contributed by atoms with Gasteiger partial charge in [0.1, 0.15) is 17.8 Å². The Labute approximate surface area is 127 Å². The van der Waals surface area contributed by atoms with Crippen molar-refractivity contribution in [2.24, 2.45) is 0 Å². The molecule has 0 saturated heterocycles. The summed E-state index contributed by atoms with van der Waals surface area (Å²) in [4.78, 5) is 10.5. The summed E-state index contributed by atoms with van der Waals surface area (Å²) in [5, 5.41) is 2.33. The molecule has 0 aromatic carbocycles. The predicted octanol–water partition coefficient (Wildman–Crippen LogP) is 2.83. The number of nitrogens with one attached hydrogen (secondary N) is 1. The van der Waals surface area contributed by atoms with Crippen molar-refractivity contribution >= 4 is 5.69 Å². The summed E-state index contributed by atoms with van der Waals surface area (Å²) in [6, 6.07) is 3.23. The number of anilines is 1. The Kier molecular flexibility index (Phi) is 3.92. The summed E-state index contributed by atoms with van der Waals surface area (Å²) in [7, 11) is 0.